The number of aliphatic hydroxyl groups is 1. The van der Waals surface area contributed by atoms with E-state index in [-0.39, 0.29) is 6.42 Å². The first-order valence-electron chi connectivity index (χ1n) is 8.23. The Morgan fingerprint density at radius 3 is 2.21 bits per heavy atom. The monoisotopic (exact) mass is 327 g/mol. The van der Waals surface area contributed by atoms with Gasteiger partial charge in [0.25, 0.3) is 5.91 Å². The summed E-state index contributed by atoms with van der Waals surface area (Å²) in [7, 11) is 0. The van der Waals surface area contributed by atoms with Gasteiger partial charge < -0.3 is 10.0 Å². The van der Waals surface area contributed by atoms with E-state index < -0.39 is 23.2 Å². The normalized spacial score (nSPS) is 25.9. The predicted molar refractivity (Wildman–Crippen MR) is 90.9 cm³/mol. The van der Waals surface area contributed by atoms with Crippen LogP contribution in [0.15, 0.2) is 60.7 Å². The van der Waals surface area contributed by atoms with Crippen molar-refractivity contribution in [3.05, 3.63) is 71.8 Å². The maximum absolute atomic E-state index is 15.7. The van der Waals surface area contributed by atoms with Crippen LogP contribution in [0.4, 0.5) is 4.39 Å². The average Bonchev–Trinajstić information content (AvgIpc) is 2.62. The number of nitrogens with zero attached hydrogens (tertiary/aromatic N) is 1. The summed E-state index contributed by atoms with van der Waals surface area (Å²) in [5, 5.41) is 10.6. The molecule has 1 saturated heterocycles. The molecule has 0 aromatic heterocycles. The third-order valence-corrected chi connectivity index (χ3v) is 5.04. The second-order valence-electron chi connectivity index (χ2n) is 6.57. The van der Waals surface area contributed by atoms with Crippen molar-refractivity contribution in [2.24, 2.45) is 0 Å². The van der Waals surface area contributed by atoms with E-state index in [1.807, 2.05) is 48.5 Å². The fraction of sp³-hybridized carbons (Fsp3) is 0.350. The predicted octanol–water partition coefficient (Wildman–Crippen LogP) is 3.64. The van der Waals surface area contributed by atoms with Gasteiger partial charge in [-0.15, -0.1) is 0 Å². The second kappa shape index (κ2) is 6.02. The summed E-state index contributed by atoms with van der Waals surface area (Å²) in [6.07, 6.45) is 0.164. The molecule has 3 nitrogen and oxygen atoms in total. The van der Waals surface area contributed by atoms with Crippen LogP contribution < -0.4 is 0 Å². The Morgan fingerprint density at radius 2 is 1.67 bits per heavy atom. The van der Waals surface area contributed by atoms with Gasteiger partial charge in [0.1, 0.15) is 11.6 Å². The number of benzene rings is 2. The molecule has 1 heterocycles. The summed E-state index contributed by atoms with van der Waals surface area (Å²) in [6.45, 7) is 3.42. The van der Waals surface area contributed by atoms with Crippen molar-refractivity contribution in [1.82, 2.24) is 4.90 Å². The number of hydrogen-bond acceptors (Lipinski definition) is 2. The summed E-state index contributed by atoms with van der Waals surface area (Å²) in [6, 6.07) is 17.8. The van der Waals surface area contributed by atoms with Gasteiger partial charge in [0, 0.05) is 6.54 Å². The lowest BCUT2D eigenvalue weighted by Crippen LogP contribution is -2.74. The second-order valence-corrected chi connectivity index (χ2v) is 6.57. The van der Waals surface area contributed by atoms with Crippen molar-refractivity contribution < 1.29 is 14.3 Å². The maximum Gasteiger partial charge on any atom is 0.266 e. The summed E-state index contributed by atoms with van der Waals surface area (Å²) >= 11 is 0. The molecular weight excluding hydrogens is 305 g/mol. The van der Waals surface area contributed by atoms with Gasteiger partial charge >= 0.3 is 0 Å². The molecule has 2 aromatic carbocycles. The number of β-lactam (4-membered cyclic amide) rings is 1. The van der Waals surface area contributed by atoms with Crippen LogP contribution in [0.5, 0.6) is 0 Å². The molecule has 126 valence electrons. The third kappa shape index (κ3) is 2.42. The molecule has 4 heteroatoms. The topological polar surface area (TPSA) is 40.5 Å². The first kappa shape index (κ1) is 16.7. The van der Waals surface area contributed by atoms with Gasteiger partial charge in [0.15, 0.2) is 0 Å². The first-order chi connectivity index (χ1) is 11.4. The Morgan fingerprint density at radius 1 is 1.12 bits per heavy atom. The van der Waals surface area contributed by atoms with Gasteiger partial charge in [-0.2, -0.15) is 0 Å². The standard InChI is InChI=1S/C20H22FNO2/c1-3-19(2,24)20(21)17(16-12-8-5-9-13-16)22(18(20)23)14-15-10-6-4-7-11-15/h4-13,17,24H,3,14H2,1-2H3/t17-,19?,20+/m0/s1. The summed E-state index contributed by atoms with van der Waals surface area (Å²) in [5.74, 6) is -0.646. The molecule has 0 spiro atoms. The fourth-order valence-electron chi connectivity index (χ4n) is 3.36. The molecule has 1 aliphatic rings. The molecule has 0 saturated carbocycles. The Kier molecular flexibility index (Phi) is 4.18. The van der Waals surface area contributed by atoms with Crippen LogP contribution in [0.3, 0.4) is 0 Å². The number of halogens is 1. The van der Waals surface area contributed by atoms with Crippen LogP contribution in [0, 0.1) is 0 Å². The lowest BCUT2D eigenvalue weighted by Gasteiger charge is -2.56. The van der Waals surface area contributed by atoms with E-state index in [2.05, 4.69) is 0 Å². The van der Waals surface area contributed by atoms with E-state index in [1.165, 1.54) is 11.8 Å². The highest BCUT2D eigenvalue weighted by Gasteiger charge is 2.70. The zero-order chi connectivity index (χ0) is 17.4. The molecule has 1 fully saturated rings. The molecule has 0 aliphatic carbocycles. The van der Waals surface area contributed by atoms with E-state index in [9.17, 15) is 9.90 Å². The van der Waals surface area contributed by atoms with Gasteiger partial charge in [-0.25, -0.2) is 4.39 Å². The number of carbonyl (C=O) groups excluding carboxylic acids is 1. The van der Waals surface area contributed by atoms with Gasteiger partial charge in [0.2, 0.25) is 5.67 Å². The maximum atomic E-state index is 15.7. The molecule has 3 atom stereocenters. The van der Waals surface area contributed by atoms with E-state index in [0.29, 0.717) is 12.1 Å². The molecule has 1 aliphatic heterocycles. The van der Waals surface area contributed by atoms with Crippen LogP contribution in [0.2, 0.25) is 0 Å². The minimum atomic E-state index is -2.31. The van der Waals surface area contributed by atoms with Crippen molar-refractivity contribution in [1.29, 1.82) is 0 Å². The summed E-state index contributed by atoms with van der Waals surface area (Å²) in [5.41, 5.74) is -2.38. The van der Waals surface area contributed by atoms with Crippen LogP contribution in [-0.2, 0) is 11.3 Å². The molecule has 0 radical (unpaired) electrons. The number of likely N-dealkylation sites (tertiary alicyclic amines) is 1. The van der Waals surface area contributed by atoms with E-state index in [1.54, 1.807) is 19.1 Å². The van der Waals surface area contributed by atoms with E-state index in [4.69, 9.17) is 0 Å². The molecule has 2 aromatic rings. The van der Waals surface area contributed by atoms with Crippen LogP contribution in [-0.4, -0.2) is 27.2 Å². The lowest BCUT2D eigenvalue weighted by molar-refractivity contribution is -0.216. The molecule has 3 rings (SSSR count). The van der Waals surface area contributed by atoms with Crippen LogP contribution in [0.1, 0.15) is 37.4 Å². The van der Waals surface area contributed by atoms with E-state index >= 15 is 4.39 Å². The molecule has 1 unspecified atom stereocenters. The van der Waals surface area contributed by atoms with Crippen molar-refractivity contribution in [3.63, 3.8) is 0 Å². The molecule has 1 amide bonds. The van der Waals surface area contributed by atoms with Crippen LogP contribution in [0.25, 0.3) is 0 Å². The largest absolute Gasteiger partial charge is 0.386 e. The highest BCUT2D eigenvalue weighted by molar-refractivity contribution is 5.94. The third-order valence-electron chi connectivity index (χ3n) is 5.04. The van der Waals surface area contributed by atoms with Crippen LogP contribution >= 0.6 is 0 Å². The Hall–Kier alpha value is -2.20. The van der Waals surface area contributed by atoms with Crippen molar-refractivity contribution in [2.75, 3.05) is 0 Å². The van der Waals surface area contributed by atoms with Crippen molar-refractivity contribution in [3.8, 4) is 0 Å². The zero-order valence-corrected chi connectivity index (χ0v) is 13.9. The van der Waals surface area contributed by atoms with Crippen molar-refractivity contribution in [2.45, 2.75) is 44.1 Å². The van der Waals surface area contributed by atoms with Gasteiger partial charge in [-0.3, -0.25) is 4.79 Å². The van der Waals surface area contributed by atoms with Gasteiger partial charge in [0.05, 0.1) is 0 Å². The Bertz CT molecular complexity index is 717. The minimum absolute atomic E-state index is 0.164. The molecular formula is C20H22FNO2. The van der Waals surface area contributed by atoms with Gasteiger partial charge in [-0.1, -0.05) is 67.6 Å². The Labute approximate surface area is 141 Å². The highest BCUT2D eigenvalue weighted by Crippen LogP contribution is 2.53. The molecule has 24 heavy (non-hydrogen) atoms. The fourth-order valence-corrected chi connectivity index (χ4v) is 3.36. The smallest absolute Gasteiger partial charge is 0.266 e. The minimum Gasteiger partial charge on any atom is -0.386 e. The highest BCUT2D eigenvalue weighted by atomic mass is 19.1. The number of rotatable bonds is 5. The first-order valence-corrected chi connectivity index (χ1v) is 8.23. The zero-order valence-electron chi connectivity index (χ0n) is 13.9. The molecule has 1 N–H and O–H groups in total. The van der Waals surface area contributed by atoms with Gasteiger partial charge in [-0.05, 0) is 24.5 Å². The number of hydrogen-bond donors (Lipinski definition) is 1. The quantitative estimate of drug-likeness (QED) is 0.852. The van der Waals surface area contributed by atoms with E-state index in [0.717, 1.165) is 5.56 Å². The number of alkyl halides is 1. The average molecular weight is 327 g/mol. The number of carbonyl (C=O) groups is 1. The summed E-state index contributed by atoms with van der Waals surface area (Å²) in [4.78, 5) is 14.2. The van der Waals surface area contributed by atoms with Crippen molar-refractivity contribution >= 4 is 5.91 Å². The number of amides is 1. The molecule has 0 bridgehead atoms. The lowest BCUT2D eigenvalue weighted by atomic mass is 9.68. The Balaban J connectivity index is 1.99. The summed E-state index contributed by atoms with van der Waals surface area (Å²) < 4.78 is 15.7. The SMILES string of the molecule is CCC(C)(O)[C@]1(F)C(=O)N(Cc2ccccc2)[C@H]1c1ccccc1.